The van der Waals surface area contributed by atoms with Crippen molar-refractivity contribution in [1.82, 2.24) is 5.32 Å². The van der Waals surface area contributed by atoms with Gasteiger partial charge in [-0.3, -0.25) is 9.32 Å². The summed E-state index contributed by atoms with van der Waals surface area (Å²) in [6, 6.07) is -0.910. The Bertz CT molecular complexity index is 738. The summed E-state index contributed by atoms with van der Waals surface area (Å²) in [6.45, 7) is 4.04. The molecule has 0 rings (SSSR count). The Morgan fingerprint density at radius 2 is 1.02 bits per heavy atom. The molecule has 0 aromatic rings. The lowest BCUT2D eigenvalue weighted by atomic mass is 10.0. The van der Waals surface area contributed by atoms with Gasteiger partial charge in [0.15, 0.2) is 0 Å². The van der Waals surface area contributed by atoms with E-state index in [1.165, 1.54) is 109 Å². The molecule has 0 radical (unpaired) electrons. The zero-order valence-corrected chi connectivity index (χ0v) is 29.5. The molecule has 2 atom stereocenters. The highest BCUT2D eigenvalue weighted by Gasteiger charge is 2.24. The Labute approximate surface area is 271 Å². The van der Waals surface area contributed by atoms with Crippen LogP contribution in [0.2, 0.25) is 0 Å². The third kappa shape index (κ3) is 32.4. The molecular formula is C36H70NO6P. The molecule has 4 N–H and O–H groups in total. The van der Waals surface area contributed by atoms with Crippen molar-refractivity contribution < 1.29 is 28.8 Å². The number of hydrogen-bond donors (Lipinski definition) is 4. The molecule has 0 aliphatic rings. The second-order valence-corrected chi connectivity index (χ2v) is 13.8. The fraction of sp³-hybridized carbons (Fsp3) is 0.861. The molecule has 0 aliphatic heterocycles. The summed E-state index contributed by atoms with van der Waals surface area (Å²) < 4.78 is 15.8. The maximum Gasteiger partial charge on any atom is 0.469 e. The minimum absolute atomic E-state index is 0.236. The number of aliphatic hydroxyl groups excluding tert-OH is 1. The summed E-state index contributed by atoms with van der Waals surface area (Å²) in [6.07, 6.45) is 37.6. The SMILES string of the molecule is CCCCCCCCC=CCCCCCCCC(=O)N[C@@H](COP(=O)(O)O)[C@H](O)C=CCCCCCCCCCCCCC. The molecule has 0 saturated heterocycles. The van der Waals surface area contributed by atoms with Gasteiger partial charge in [-0.05, 0) is 44.9 Å². The van der Waals surface area contributed by atoms with Gasteiger partial charge in [0, 0.05) is 6.42 Å². The standard InChI is InChI=1S/C36H70NO6P/c1-3-5-7-9-11-13-15-17-18-20-22-24-26-28-30-32-36(39)37-34(33-43-44(40,41)42)35(38)31-29-27-25-23-21-19-16-14-12-10-8-6-4-2/h17-18,29,31,34-35,38H,3-16,19-28,30,32-33H2,1-2H3,(H,37,39)(H2,40,41,42)/t34-,35+/m0/s1. The average molecular weight is 644 g/mol. The number of nitrogens with one attached hydrogen (secondary N) is 1. The van der Waals surface area contributed by atoms with Crippen LogP contribution in [0.15, 0.2) is 24.3 Å². The van der Waals surface area contributed by atoms with Crippen molar-refractivity contribution in [2.45, 2.75) is 193 Å². The lowest BCUT2D eigenvalue weighted by molar-refractivity contribution is -0.123. The number of carbonyl (C=O) groups is 1. The lowest BCUT2D eigenvalue weighted by Gasteiger charge is -2.22. The molecular weight excluding hydrogens is 573 g/mol. The van der Waals surface area contributed by atoms with Crippen LogP contribution in [-0.2, 0) is 13.9 Å². The van der Waals surface area contributed by atoms with Crippen molar-refractivity contribution in [2.24, 2.45) is 0 Å². The van der Waals surface area contributed by atoms with Crippen LogP contribution in [-0.4, -0.2) is 39.6 Å². The molecule has 8 heteroatoms. The fourth-order valence-corrected chi connectivity index (χ4v) is 5.69. The highest BCUT2D eigenvalue weighted by Crippen LogP contribution is 2.35. The highest BCUT2D eigenvalue weighted by molar-refractivity contribution is 7.46. The van der Waals surface area contributed by atoms with Crippen LogP contribution in [0, 0.1) is 0 Å². The van der Waals surface area contributed by atoms with Crippen molar-refractivity contribution in [3.05, 3.63) is 24.3 Å². The topological polar surface area (TPSA) is 116 Å². The number of unbranched alkanes of at least 4 members (excludes halogenated alkanes) is 22. The molecule has 0 heterocycles. The molecule has 7 nitrogen and oxygen atoms in total. The Kier molecular flexibility index (Phi) is 31.3. The highest BCUT2D eigenvalue weighted by atomic mass is 31.2. The Balaban J connectivity index is 4.07. The predicted molar refractivity (Wildman–Crippen MR) is 186 cm³/mol. The molecule has 0 fully saturated rings. The van der Waals surface area contributed by atoms with Crippen LogP contribution in [0.3, 0.4) is 0 Å². The van der Waals surface area contributed by atoms with Gasteiger partial charge >= 0.3 is 7.82 Å². The molecule has 260 valence electrons. The third-order valence-electron chi connectivity index (χ3n) is 8.15. The molecule has 0 bridgehead atoms. The van der Waals surface area contributed by atoms with Crippen molar-refractivity contribution in [2.75, 3.05) is 6.61 Å². The molecule has 0 unspecified atom stereocenters. The quantitative estimate of drug-likeness (QED) is 0.0321. The molecule has 1 amide bonds. The van der Waals surface area contributed by atoms with Gasteiger partial charge in [-0.25, -0.2) is 4.57 Å². The summed E-state index contributed by atoms with van der Waals surface area (Å²) in [5, 5.41) is 13.3. The summed E-state index contributed by atoms with van der Waals surface area (Å²) in [5.41, 5.74) is 0. The van der Waals surface area contributed by atoms with Gasteiger partial charge in [-0.2, -0.15) is 0 Å². The van der Waals surface area contributed by atoms with Crippen LogP contribution in [0.4, 0.5) is 0 Å². The van der Waals surface area contributed by atoms with Crippen molar-refractivity contribution in [3.8, 4) is 0 Å². The van der Waals surface area contributed by atoms with E-state index in [2.05, 4.69) is 35.8 Å². The molecule has 44 heavy (non-hydrogen) atoms. The zero-order valence-electron chi connectivity index (χ0n) is 28.6. The van der Waals surface area contributed by atoms with E-state index >= 15 is 0 Å². The summed E-state index contributed by atoms with van der Waals surface area (Å²) >= 11 is 0. The van der Waals surface area contributed by atoms with Crippen LogP contribution >= 0.6 is 7.82 Å². The van der Waals surface area contributed by atoms with Gasteiger partial charge in [-0.1, -0.05) is 154 Å². The van der Waals surface area contributed by atoms with Crippen LogP contribution in [0.1, 0.15) is 181 Å². The minimum atomic E-state index is -4.71. The van der Waals surface area contributed by atoms with E-state index in [1.807, 2.05) is 6.08 Å². The number of allylic oxidation sites excluding steroid dienone is 3. The van der Waals surface area contributed by atoms with Gasteiger partial charge < -0.3 is 20.2 Å². The Morgan fingerprint density at radius 1 is 0.636 bits per heavy atom. The Morgan fingerprint density at radius 3 is 1.45 bits per heavy atom. The van der Waals surface area contributed by atoms with E-state index in [0.29, 0.717) is 6.42 Å². The van der Waals surface area contributed by atoms with Gasteiger partial charge in [-0.15, -0.1) is 0 Å². The van der Waals surface area contributed by atoms with Gasteiger partial charge in [0.25, 0.3) is 0 Å². The van der Waals surface area contributed by atoms with Crippen LogP contribution < -0.4 is 5.32 Å². The third-order valence-corrected chi connectivity index (χ3v) is 8.64. The summed E-state index contributed by atoms with van der Waals surface area (Å²) in [7, 11) is -4.71. The fourth-order valence-electron chi connectivity index (χ4n) is 5.33. The number of amides is 1. The molecule has 0 saturated carbocycles. The first kappa shape index (κ1) is 43.0. The smallest absolute Gasteiger partial charge is 0.387 e. The number of aliphatic hydroxyl groups is 1. The first-order valence-electron chi connectivity index (χ1n) is 18.3. The molecule has 0 aromatic carbocycles. The molecule has 0 aliphatic carbocycles. The predicted octanol–water partition coefficient (Wildman–Crippen LogP) is 10.2. The number of rotatable bonds is 33. The number of carbonyl (C=O) groups excluding carboxylic acids is 1. The van der Waals surface area contributed by atoms with E-state index < -0.39 is 26.6 Å². The van der Waals surface area contributed by atoms with Crippen molar-refractivity contribution in [1.29, 1.82) is 0 Å². The summed E-state index contributed by atoms with van der Waals surface area (Å²) in [4.78, 5) is 30.7. The molecule has 0 spiro atoms. The van der Waals surface area contributed by atoms with Crippen molar-refractivity contribution >= 4 is 13.7 Å². The van der Waals surface area contributed by atoms with E-state index in [4.69, 9.17) is 9.79 Å². The molecule has 0 aromatic heterocycles. The monoisotopic (exact) mass is 643 g/mol. The van der Waals surface area contributed by atoms with E-state index in [-0.39, 0.29) is 5.91 Å². The first-order valence-corrected chi connectivity index (χ1v) is 19.8. The normalized spacial score (nSPS) is 13.7. The van der Waals surface area contributed by atoms with Crippen LogP contribution in [0.5, 0.6) is 0 Å². The lowest BCUT2D eigenvalue weighted by Crippen LogP contribution is -2.45. The van der Waals surface area contributed by atoms with Gasteiger partial charge in [0.05, 0.1) is 18.8 Å². The van der Waals surface area contributed by atoms with Crippen LogP contribution in [0.25, 0.3) is 0 Å². The average Bonchev–Trinajstić information content (AvgIpc) is 2.99. The maximum atomic E-state index is 12.5. The van der Waals surface area contributed by atoms with E-state index in [9.17, 15) is 14.5 Å². The Hall–Kier alpha value is -0.980. The van der Waals surface area contributed by atoms with Gasteiger partial charge in [0.2, 0.25) is 5.91 Å². The number of hydrogen-bond acceptors (Lipinski definition) is 4. The zero-order chi connectivity index (χ0) is 32.6. The number of phosphoric acid groups is 1. The largest absolute Gasteiger partial charge is 0.469 e. The van der Waals surface area contributed by atoms with Crippen molar-refractivity contribution in [3.63, 3.8) is 0 Å². The first-order chi connectivity index (χ1) is 21.3. The number of phosphoric ester groups is 1. The summed E-state index contributed by atoms with van der Waals surface area (Å²) in [5.74, 6) is -0.236. The van der Waals surface area contributed by atoms with Gasteiger partial charge in [0.1, 0.15) is 0 Å². The second-order valence-electron chi connectivity index (χ2n) is 12.5. The maximum absolute atomic E-state index is 12.5. The van der Waals surface area contributed by atoms with E-state index in [1.54, 1.807) is 6.08 Å². The minimum Gasteiger partial charge on any atom is -0.387 e. The second kappa shape index (κ2) is 32.0. The van der Waals surface area contributed by atoms with E-state index in [0.717, 1.165) is 51.4 Å².